The molecule has 1 fully saturated rings. The van der Waals surface area contributed by atoms with Gasteiger partial charge in [0.1, 0.15) is 29.7 Å². The Labute approximate surface area is 179 Å². The van der Waals surface area contributed by atoms with Crippen molar-refractivity contribution in [3.05, 3.63) is 35.2 Å². The molecular formula is C19H25BN4O7. The van der Waals surface area contributed by atoms with Crippen LogP contribution in [0.25, 0.3) is 0 Å². The van der Waals surface area contributed by atoms with Crippen LogP contribution >= 0.6 is 0 Å². The molecule has 1 aromatic heterocycles. The van der Waals surface area contributed by atoms with Crippen molar-refractivity contribution < 1.29 is 34.6 Å². The Hall–Kier alpha value is -3.12. The van der Waals surface area contributed by atoms with Crippen LogP contribution in [0.15, 0.2) is 18.3 Å². The number of nitrogens with zero attached hydrogens (tertiary/aromatic N) is 4. The van der Waals surface area contributed by atoms with Crippen molar-refractivity contribution in [1.82, 2.24) is 19.9 Å². The van der Waals surface area contributed by atoms with Gasteiger partial charge < -0.3 is 29.9 Å². The van der Waals surface area contributed by atoms with E-state index in [1.165, 1.54) is 16.8 Å². The summed E-state index contributed by atoms with van der Waals surface area (Å²) in [6.45, 7) is 2.67. The summed E-state index contributed by atoms with van der Waals surface area (Å²) in [7, 11) is -1.56. The van der Waals surface area contributed by atoms with Crippen LogP contribution < -0.4 is 4.74 Å². The molecule has 0 aliphatic carbocycles. The van der Waals surface area contributed by atoms with Crippen LogP contribution in [-0.2, 0) is 24.2 Å². The predicted octanol–water partition coefficient (Wildman–Crippen LogP) is -0.0605. The number of carboxylic acids is 1. The minimum atomic E-state index is -1.56. The van der Waals surface area contributed by atoms with Gasteiger partial charge in [0.15, 0.2) is 0 Å². The van der Waals surface area contributed by atoms with E-state index in [4.69, 9.17) is 14.8 Å². The number of aromatic nitrogens is 3. The predicted molar refractivity (Wildman–Crippen MR) is 109 cm³/mol. The van der Waals surface area contributed by atoms with Gasteiger partial charge in [-0.05, 0) is 30.8 Å². The molecule has 0 spiro atoms. The van der Waals surface area contributed by atoms with Gasteiger partial charge in [0.05, 0.1) is 18.8 Å². The fourth-order valence-corrected chi connectivity index (χ4v) is 3.33. The summed E-state index contributed by atoms with van der Waals surface area (Å²) in [5.74, 6) is -1.98. The van der Waals surface area contributed by atoms with Crippen molar-refractivity contribution in [1.29, 1.82) is 0 Å². The van der Waals surface area contributed by atoms with Crippen LogP contribution in [0.1, 0.15) is 35.0 Å². The van der Waals surface area contributed by atoms with Crippen molar-refractivity contribution in [2.24, 2.45) is 0 Å². The Kier molecular flexibility index (Phi) is 7.13. The van der Waals surface area contributed by atoms with Crippen LogP contribution in [0, 0.1) is 0 Å². The van der Waals surface area contributed by atoms with Gasteiger partial charge in [-0.3, -0.25) is 4.79 Å². The van der Waals surface area contributed by atoms with Crippen LogP contribution in [0.3, 0.4) is 0 Å². The van der Waals surface area contributed by atoms with Gasteiger partial charge in [-0.2, -0.15) is 0 Å². The molecule has 12 heteroatoms. The topological polar surface area (TPSA) is 158 Å². The molecule has 1 amide bonds. The van der Waals surface area contributed by atoms with E-state index in [1.807, 2.05) is 6.92 Å². The summed E-state index contributed by atoms with van der Waals surface area (Å²) < 4.78 is 7.19. The number of aromatic hydroxyl groups is 1. The molecule has 0 atom stereocenters. The molecule has 166 valence electrons. The first-order chi connectivity index (χ1) is 14.8. The zero-order chi connectivity index (χ0) is 22.5. The van der Waals surface area contributed by atoms with Crippen LogP contribution in [0.4, 0.5) is 0 Å². The standard InChI is InChI=1S/C19H25BN4O7/c1-2-3-13-8-24(22-21-13)11-16(25)23-9-14(10-23)31-15-5-4-12(6-7-20(29)30)18(26)17(15)19(27)28/h4-5,8,14,26,29-30H,2-3,6-7,9-11H2,1H3,(H,27,28). The van der Waals surface area contributed by atoms with E-state index in [0.29, 0.717) is 0 Å². The average Bonchev–Trinajstić information content (AvgIpc) is 3.10. The maximum Gasteiger partial charge on any atom is 0.451 e. The molecule has 11 nitrogen and oxygen atoms in total. The molecule has 0 radical (unpaired) electrons. The summed E-state index contributed by atoms with van der Waals surface area (Å²) >= 11 is 0. The highest BCUT2D eigenvalue weighted by atomic mass is 16.5. The zero-order valence-electron chi connectivity index (χ0n) is 17.1. The van der Waals surface area contributed by atoms with Crippen molar-refractivity contribution in [3.63, 3.8) is 0 Å². The maximum atomic E-state index is 12.4. The fraction of sp³-hybridized carbons (Fsp3) is 0.474. The second kappa shape index (κ2) is 9.79. The van der Waals surface area contributed by atoms with Gasteiger partial charge in [-0.25, -0.2) is 9.48 Å². The highest BCUT2D eigenvalue weighted by Gasteiger charge is 2.34. The lowest BCUT2D eigenvalue weighted by atomic mass is 9.82. The molecule has 1 aliphatic rings. The monoisotopic (exact) mass is 432 g/mol. The highest BCUT2D eigenvalue weighted by molar-refractivity contribution is 6.41. The number of aryl methyl sites for hydroxylation is 2. The van der Waals surface area contributed by atoms with Crippen molar-refractivity contribution in [2.45, 2.75) is 45.2 Å². The minimum Gasteiger partial charge on any atom is -0.507 e. The Morgan fingerprint density at radius 1 is 1.26 bits per heavy atom. The Morgan fingerprint density at radius 3 is 2.65 bits per heavy atom. The normalized spacial score (nSPS) is 13.7. The Morgan fingerprint density at radius 2 is 2.00 bits per heavy atom. The molecule has 1 aliphatic heterocycles. The van der Waals surface area contributed by atoms with Crippen LogP contribution in [0.2, 0.25) is 6.32 Å². The number of carbonyl (C=O) groups excluding carboxylic acids is 1. The Balaban J connectivity index is 1.58. The largest absolute Gasteiger partial charge is 0.507 e. The number of phenols is 1. The van der Waals surface area contributed by atoms with Crippen LogP contribution in [0.5, 0.6) is 11.5 Å². The number of benzene rings is 1. The third-order valence-electron chi connectivity index (χ3n) is 4.99. The van der Waals surface area contributed by atoms with Crippen LogP contribution in [-0.4, -0.2) is 78.3 Å². The summed E-state index contributed by atoms with van der Waals surface area (Å²) in [4.78, 5) is 25.6. The zero-order valence-corrected chi connectivity index (χ0v) is 17.1. The van der Waals surface area contributed by atoms with E-state index in [1.54, 1.807) is 11.1 Å². The number of hydrogen-bond donors (Lipinski definition) is 4. The molecule has 0 saturated carbocycles. The van der Waals surface area contributed by atoms with E-state index < -0.39 is 24.9 Å². The quantitative estimate of drug-likeness (QED) is 0.378. The first kappa shape index (κ1) is 22.6. The number of ether oxygens (including phenoxy) is 1. The van der Waals surface area contributed by atoms with Gasteiger partial charge >= 0.3 is 13.1 Å². The second-order valence-electron chi connectivity index (χ2n) is 7.47. The number of aromatic carboxylic acids is 1. The highest BCUT2D eigenvalue weighted by Crippen LogP contribution is 2.34. The molecular weight excluding hydrogens is 407 g/mol. The van der Waals surface area contributed by atoms with Gasteiger partial charge in [-0.15, -0.1) is 5.10 Å². The molecule has 1 saturated heterocycles. The van der Waals surface area contributed by atoms with Crippen molar-refractivity contribution in [2.75, 3.05) is 13.1 Å². The average molecular weight is 432 g/mol. The number of carboxylic acid groups (broad SMARTS) is 1. The minimum absolute atomic E-state index is 0.00382. The number of likely N-dealkylation sites (tertiary alicyclic amines) is 1. The lowest BCUT2D eigenvalue weighted by Crippen LogP contribution is -2.57. The van der Waals surface area contributed by atoms with Gasteiger partial charge in [-0.1, -0.05) is 24.6 Å². The van der Waals surface area contributed by atoms with Gasteiger partial charge in [0.25, 0.3) is 0 Å². The van der Waals surface area contributed by atoms with E-state index in [2.05, 4.69) is 10.3 Å². The summed E-state index contributed by atoms with van der Waals surface area (Å²) in [5.41, 5.74) is 0.720. The molecule has 2 heterocycles. The third-order valence-corrected chi connectivity index (χ3v) is 4.99. The maximum absolute atomic E-state index is 12.4. The first-order valence-corrected chi connectivity index (χ1v) is 10.1. The van der Waals surface area contributed by atoms with Gasteiger partial charge in [0.2, 0.25) is 5.91 Å². The number of amides is 1. The molecule has 0 bridgehead atoms. The van der Waals surface area contributed by atoms with E-state index in [-0.39, 0.29) is 55.2 Å². The molecule has 0 unspecified atom stereocenters. The number of carbonyl (C=O) groups is 2. The van der Waals surface area contributed by atoms with Crippen molar-refractivity contribution >= 4 is 19.0 Å². The Bertz CT molecular complexity index is 943. The molecule has 1 aromatic carbocycles. The first-order valence-electron chi connectivity index (χ1n) is 10.1. The van der Waals surface area contributed by atoms with Gasteiger partial charge in [0, 0.05) is 6.20 Å². The third kappa shape index (κ3) is 5.53. The lowest BCUT2D eigenvalue weighted by molar-refractivity contribution is -0.140. The second-order valence-corrected chi connectivity index (χ2v) is 7.47. The molecule has 31 heavy (non-hydrogen) atoms. The van der Waals surface area contributed by atoms with E-state index in [0.717, 1.165) is 18.5 Å². The molecule has 2 aromatic rings. The number of hydrogen-bond acceptors (Lipinski definition) is 8. The van der Waals surface area contributed by atoms with Crippen molar-refractivity contribution in [3.8, 4) is 11.5 Å². The summed E-state index contributed by atoms with van der Waals surface area (Å²) in [5, 5.41) is 45.7. The van der Waals surface area contributed by atoms with E-state index >= 15 is 0 Å². The SMILES string of the molecule is CCCc1cn(CC(=O)N2CC(Oc3ccc(CCB(O)O)c(O)c3C(=O)O)C2)nn1. The summed E-state index contributed by atoms with van der Waals surface area (Å²) in [6, 6.07) is 2.91. The fourth-order valence-electron chi connectivity index (χ4n) is 3.33. The number of rotatable bonds is 10. The lowest BCUT2D eigenvalue weighted by Gasteiger charge is -2.39. The molecule has 4 N–H and O–H groups in total. The molecule has 3 rings (SSSR count). The smallest absolute Gasteiger partial charge is 0.451 e. The van der Waals surface area contributed by atoms with E-state index in [9.17, 15) is 19.8 Å². The summed E-state index contributed by atoms with van der Waals surface area (Å²) in [6.07, 6.45) is 3.13.